The van der Waals surface area contributed by atoms with Gasteiger partial charge in [0.2, 0.25) is 11.8 Å². The maximum absolute atomic E-state index is 12.3. The number of hydrogen-bond acceptors (Lipinski definition) is 3. The number of likely N-dealkylation sites (tertiary alicyclic amines) is 1. The lowest BCUT2D eigenvalue weighted by molar-refractivity contribution is -0.132. The van der Waals surface area contributed by atoms with Gasteiger partial charge in [0, 0.05) is 37.9 Å². The van der Waals surface area contributed by atoms with Crippen molar-refractivity contribution < 1.29 is 14.3 Å². The first-order valence-corrected chi connectivity index (χ1v) is 9.87. The third kappa shape index (κ3) is 6.20. The summed E-state index contributed by atoms with van der Waals surface area (Å²) in [6.45, 7) is 6.00. The number of carbonyl (C=O) groups is 2. The number of carbonyl (C=O) groups excluding carboxylic acids is 2. The minimum Gasteiger partial charge on any atom is -0.493 e. The Morgan fingerprint density at radius 1 is 1.19 bits per heavy atom. The zero-order valence-electron chi connectivity index (χ0n) is 15.7. The third-order valence-corrected chi connectivity index (χ3v) is 4.91. The quantitative estimate of drug-likeness (QED) is 0.556. The van der Waals surface area contributed by atoms with Crippen LogP contribution in [0.1, 0.15) is 43.2 Å². The van der Waals surface area contributed by atoms with E-state index in [1.54, 1.807) is 0 Å². The highest BCUT2D eigenvalue weighted by Crippen LogP contribution is 2.22. The van der Waals surface area contributed by atoms with Crippen LogP contribution >= 0.6 is 11.6 Å². The van der Waals surface area contributed by atoms with Gasteiger partial charge < -0.3 is 15.0 Å². The molecule has 0 spiro atoms. The van der Waals surface area contributed by atoms with Crippen LogP contribution in [0, 0.1) is 13.8 Å². The summed E-state index contributed by atoms with van der Waals surface area (Å²) in [5.74, 6) is 1.43. The molecule has 1 aliphatic rings. The number of nitrogens with one attached hydrogen (secondary N) is 1. The fraction of sp³-hybridized carbons (Fsp3) is 0.600. The van der Waals surface area contributed by atoms with Gasteiger partial charge in [-0.25, -0.2) is 0 Å². The number of rotatable bonds is 8. The van der Waals surface area contributed by atoms with E-state index in [2.05, 4.69) is 5.32 Å². The van der Waals surface area contributed by atoms with Crippen LogP contribution < -0.4 is 10.1 Å². The molecule has 1 saturated heterocycles. The zero-order valence-corrected chi connectivity index (χ0v) is 16.5. The Morgan fingerprint density at radius 3 is 2.46 bits per heavy atom. The van der Waals surface area contributed by atoms with Gasteiger partial charge in [-0.3, -0.25) is 9.59 Å². The Balaban J connectivity index is 1.66. The van der Waals surface area contributed by atoms with Gasteiger partial charge in [0.05, 0.1) is 6.61 Å². The first kappa shape index (κ1) is 20.6. The lowest BCUT2D eigenvalue weighted by Gasteiger charge is -2.32. The predicted octanol–water partition coefficient (Wildman–Crippen LogP) is 3.20. The molecular formula is C20H29ClN2O3. The van der Waals surface area contributed by atoms with Crippen molar-refractivity contribution in [3.05, 3.63) is 29.3 Å². The number of amides is 2. The monoisotopic (exact) mass is 380 g/mol. The van der Waals surface area contributed by atoms with E-state index in [0.717, 1.165) is 29.7 Å². The van der Waals surface area contributed by atoms with Crippen molar-refractivity contribution in [2.45, 2.75) is 52.0 Å². The smallest absolute Gasteiger partial charge is 0.222 e. The second kappa shape index (κ2) is 10.4. The average Bonchev–Trinajstić information content (AvgIpc) is 2.61. The number of nitrogens with zero attached hydrogens (tertiary/aromatic N) is 1. The molecule has 1 aliphatic heterocycles. The van der Waals surface area contributed by atoms with E-state index in [-0.39, 0.29) is 17.9 Å². The highest BCUT2D eigenvalue weighted by Gasteiger charge is 2.23. The molecule has 1 heterocycles. The van der Waals surface area contributed by atoms with Crippen molar-refractivity contribution in [3.63, 3.8) is 0 Å². The summed E-state index contributed by atoms with van der Waals surface area (Å²) in [7, 11) is 0. The molecule has 2 amide bonds. The number of ether oxygens (including phenoxy) is 1. The standard InChI is InChI=1S/C20H29ClN2O3/c1-15-5-3-6-16(2)20(15)26-14-4-7-19(25)23-12-9-17(10-13-23)22-18(24)8-11-21/h3,5-6,17H,4,7-14H2,1-2H3,(H,22,24). The Hall–Kier alpha value is -1.75. The van der Waals surface area contributed by atoms with Gasteiger partial charge in [-0.05, 0) is 44.2 Å². The minimum atomic E-state index is -0.00609. The first-order chi connectivity index (χ1) is 12.5. The molecule has 6 heteroatoms. The van der Waals surface area contributed by atoms with E-state index in [4.69, 9.17) is 16.3 Å². The van der Waals surface area contributed by atoms with E-state index in [1.807, 2.05) is 36.9 Å². The molecule has 1 fully saturated rings. The molecule has 0 atom stereocenters. The van der Waals surface area contributed by atoms with Crippen molar-refractivity contribution in [2.75, 3.05) is 25.6 Å². The number of halogens is 1. The molecule has 1 N–H and O–H groups in total. The van der Waals surface area contributed by atoms with E-state index in [0.29, 0.717) is 44.8 Å². The molecule has 0 saturated carbocycles. The molecule has 0 aromatic heterocycles. The van der Waals surface area contributed by atoms with Crippen LogP contribution in [0.25, 0.3) is 0 Å². The first-order valence-electron chi connectivity index (χ1n) is 9.33. The van der Waals surface area contributed by atoms with Crippen LogP contribution in [0.15, 0.2) is 18.2 Å². The van der Waals surface area contributed by atoms with E-state index < -0.39 is 0 Å². The summed E-state index contributed by atoms with van der Waals surface area (Å²) in [5, 5.41) is 2.98. The summed E-state index contributed by atoms with van der Waals surface area (Å²) in [6.07, 6.45) is 3.16. The van der Waals surface area contributed by atoms with Crippen LogP contribution in [0.5, 0.6) is 5.75 Å². The van der Waals surface area contributed by atoms with Crippen LogP contribution in [-0.4, -0.2) is 48.3 Å². The lowest BCUT2D eigenvalue weighted by atomic mass is 10.0. The van der Waals surface area contributed by atoms with Gasteiger partial charge in [-0.2, -0.15) is 0 Å². The fourth-order valence-electron chi connectivity index (χ4n) is 3.24. The van der Waals surface area contributed by atoms with Gasteiger partial charge >= 0.3 is 0 Å². The fourth-order valence-corrected chi connectivity index (χ4v) is 3.41. The molecular weight excluding hydrogens is 352 g/mol. The van der Waals surface area contributed by atoms with Crippen molar-refractivity contribution in [2.24, 2.45) is 0 Å². The van der Waals surface area contributed by atoms with Gasteiger partial charge in [-0.15, -0.1) is 11.6 Å². The Bertz CT molecular complexity index is 593. The van der Waals surface area contributed by atoms with Crippen LogP contribution in [-0.2, 0) is 9.59 Å². The third-order valence-electron chi connectivity index (χ3n) is 4.72. The molecule has 1 aromatic carbocycles. The van der Waals surface area contributed by atoms with Crippen LogP contribution in [0.3, 0.4) is 0 Å². The molecule has 0 aliphatic carbocycles. The molecule has 26 heavy (non-hydrogen) atoms. The summed E-state index contributed by atoms with van der Waals surface area (Å²) in [4.78, 5) is 25.8. The van der Waals surface area contributed by atoms with Crippen molar-refractivity contribution >= 4 is 23.4 Å². The van der Waals surface area contributed by atoms with Gasteiger partial charge in [0.1, 0.15) is 5.75 Å². The SMILES string of the molecule is Cc1cccc(C)c1OCCCC(=O)N1CCC(NC(=O)CCCl)CC1. The summed E-state index contributed by atoms with van der Waals surface area (Å²) < 4.78 is 5.86. The highest BCUT2D eigenvalue weighted by atomic mass is 35.5. The Kier molecular flexibility index (Phi) is 8.23. The predicted molar refractivity (Wildman–Crippen MR) is 104 cm³/mol. The van der Waals surface area contributed by atoms with Crippen molar-refractivity contribution in [3.8, 4) is 5.75 Å². The van der Waals surface area contributed by atoms with E-state index in [9.17, 15) is 9.59 Å². The number of piperidine rings is 1. The number of para-hydroxylation sites is 1. The van der Waals surface area contributed by atoms with Gasteiger partial charge in [0.15, 0.2) is 0 Å². The Morgan fingerprint density at radius 2 is 1.85 bits per heavy atom. The zero-order chi connectivity index (χ0) is 18.9. The lowest BCUT2D eigenvalue weighted by Crippen LogP contribution is -2.46. The van der Waals surface area contributed by atoms with Crippen molar-refractivity contribution in [1.29, 1.82) is 0 Å². The molecule has 0 radical (unpaired) electrons. The number of hydrogen-bond donors (Lipinski definition) is 1. The number of alkyl halides is 1. The minimum absolute atomic E-state index is 0.00609. The molecule has 0 unspecified atom stereocenters. The second-order valence-electron chi connectivity index (χ2n) is 6.83. The summed E-state index contributed by atoms with van der Waals surface area (Å²) in [5.41, 5.74) is 2.24. The molecule has 0 bridgehead atoms. The largest absolute Gasteiger partial charge is 0.493 e. The highest BCUT2D eigenvalue weighted by molar-refractivity contribution is 6.18. The van der Waals surface area contributed by atoms with Gasteiger partial charge in [0.25, 0.3) is 0 Å². The molecule has 2 rings (SSSR count). The molecule has 5 nitrogen and oxygen atoms in total. The Labute approximate surface area is 161 Å². The normalized spacial score (nSPS) is 15.0. The number of aryl methyl sites for hydroxylation is 2. The van der Waals surface area contributed by atoms with Crippen molar-refractivity contribution in [1.82, 2.24) is 10.2 Å². The van der Waals surface area contributed by atoms with E-state index in [1.165, 1.54) is 0 Å². The van der Waals surface area contributed by atoms with E-state index >= 15 is 0 Å². The molecule has 144 valence electrons. The molecule has 1 aromatic rings. The summed E-state index contributed by atoms with van der Waals surface area (Å²) >= 11 is 5.57. The van der Waals surface area contributed by atoms with Crippen LogP contribution in [0.2, 0.25) is 0 Å². The second-order valence-corrected chi connectivity index (χ2v) is 7.21. The summed E-state index contributed by atoms with van der Waals surface area (Å²) in [6, 6.07) is 6.23. The van der Waals surface area contributed by atoms with Gasteiger partial charge in [-0.1, -0.05) is 18.2 Å². The maximum Gasteiger partial charge on any atom is 0.222 e. The maximum atomic E-state index is 12.3. The number of benzene rings is 1. The topological polar surface area (TPSA) is 58.6 Å². The van der Waals surface area contributed by atoms with Crippen LogP contribution in [0.4, 0.5) is 0 Å². The average molecular weight is 381 g/mol.